The molecule has 0 aromatic heterocycles. The minimum atomic E-state index is -0.953. The van der Waals surface area contributed by atoms with Gasteiger partial charge >= 0.3 is 23.9 Å². The quantitative estimate of drug-likeness (QED) is 0.522. The Morgan fingerprint density at radius 3 is 1.22 bits per heavy atom. The molecule has 0 amide bonds. The van der Waals surface area contributed by atoms with Gasteiger partial charge in [0.15, 0.2) is 0 Å². The highest BCUT2D eigenvalue weighted by molar-refractivity contribution is 5.76. The number of hydrogen-bond donors (Lipinski definition) is 2. The standard InChI is InChI=1S/C4H6O6.C4H6O4/c5-3(9-7)1-2-4(6)10-8;1-3(5)7-8-4(2)6/h7-8H,1-2H2;1-2H3. The molecule has 0 aliphatic carbocycles. The molecule has 0 saturated heterocycles. The number of rotatable bonds is 3. The molecule has 104 valence electrons. The molecule has 0 saturated carbocycles. The summed E-state index contributed by atoms with van der Waals surface area (Å²) < 4.78 is 0. The van der Waals surface area contributed by atoms with E-state index in [2.05, 4.69) is 19.6 Å². The highest BCUT2D eigenvalue weighted by Crippen LogP contribution is 1.92. The Kier molecular flexibility index (Phi) is 11.4. The summed E-state index contributed by atoms with van der Waals surface area (Å²) in [7, 11) is 0. The molecular weight excluding hydrogens is 256 g/mol. The van der Waals surface area contributed by atoms with Gasteiger partial charge in [0.05, 0.1) is 12.8 Å². The van der Waals surface area contributed by atoms with E-state index in [0.717, 1.165) is 13.8 Å². The molecule has 0 aromatic carbocycles. The normalized spacial score (nSPS) is 8.22. The van der Waals surface area contributed by atoms with Gasteiger partial charge in [0.2, 0.25) is 0 Å². The summed E-state index contributed by atoms with van der Waals surface area (Å²) in [6, 6.07) is 0. The molecule has 10 heteroatoms. The van der Waals surface area contributed by atoms with E-state index in [0.29, 0.717) is 0 Å². The predicted molar refractivity (Wildman–Crippen MR) is 50.2 cm³/mol. The number of hydrogen-bond acceptors (Lipinski definition) is 10. The van der Waals surface area contributed by atoms with Crippen LogP contribution < -0.4 is 0 Å². The van der Waals surface area contributed by atoms with Crippen molar-refractivity contribution >= 4 is 23.9 Å². The first-order chi connectivity index (χ1) is 8.33. The second-order valence-electron chi connectivity index (χ2n) is 2.58. The zero-order valence-corrected chi connectivity index (χ0v) is 9.57. The Balaban J connectivity index is 0. The van der Waals surface area contributed by atoms with Gasteiger partial charge in [-0.2, -0.15) is 10.5 Å². The van der Waals surface area contributed by atoms with Crippen molar-refractivity contribution in [3.8, 4) is 0 Å². The molecule has 0 bridgehead atoms. The molecule has 0 atom stereocenters. The van der Waals surface area contributed by atoms with Gasteiger partial charge in [0.25, 0.3) is 0 Å². The summed E-state index contributed by atoms with van der Waals surface area (Å²) >= 11 is 0. The maximum absolute atomic E-state index is 10.1. The lowest BCUT2D eigenvalue weighted by Crippen LogP contribution is -2.06. The summed E-state index contributed by atoms with van der Waals surface area (Å²) in [5.41, 5.74) is 0. The first kappa shape index (κ1) is 18.2. The summed E-state index contributed by atoms with van der Waals surface area (Å²) in [4.78, 5) is 53.9. The van der Waals surface area contributed by atoms with E-state index >= 15 is 0 Å². The lowest BCUT2D eigenvalue weighted by atomic mass is 10.3. The smallest absolute Gasteiger partial charge is 0.301 e. The number of carbonyl (C=O) groups is 4. The molecule has 0 aliphatic rings. The Labute approximate surface area is 101 Å². The van der Waals surface area contributed by atoms with Crippen LogP contribution in [-0.4, -0.2) is 34.4 Å². The highest BCUT2D eigenvalue weighted by atomic mass is 17.2. The molecular formula is C8H12O10. The van der Waals surface area contributed by atoms with Gasteiger partial charge < -0.3 is 9.78 Å². The van der Waals surface area contributed by atoms with E-state index in [-0.39, 0.29) is 12.8 Å². The Bertz CT molecular complexity index is 266. The van der Waals surface area contributed by atoms with Gasteiger partial charge in [0, 0.05) is 13.8 Å². The maximum Gasteiger partial charge on any atom is 0.352 e. The molecule has 0 radical (unpaired) electrons. The largest absolute Gasteiger partial charge is 0.352 e. The fourth-order valence-electron chi connectivity index (χ4n) is 0.413. The second kappa shape index (κ2) is 11.3. The van der Waals surface area contributed by atoms with E-state index in [9.17, 15) is 19.2 Å². The lowest BCUT2D eigenvalue weighted by Gasteiger charge is -1.93. The minimum Gasteiger partial charge on any atom is -0.301 e. The van der Waals surface area contributed by atoms with Crippen LogP contribution in [0.5, 0.6) is 0 Å². The Hall–Kier alpha value is -2.20. The third kappa shape index (κ3) is 16.2. The van der Waals surface area contributed by atoms with Crippen LogP contribution in [0.15, 0.2) is 0 Å². The van der Waals surface area contributed by atoms with Crippen LogP contribution in [0.3, 0.4) is 0 Å². The van der Waals surface area contributed by atoms with Crippen LogP contribution in [-0.2, 0) is 38.7 Å². The third-order valence-electron chi connectivity index (χ3n) is 1.01. The van der Waals surface area contributed by atoms with Crippen LogP contribution in [0.25, 0.3) is 0 Å². The first-order valence-electron chi connectivity index (χ1n) is 4.37. The van der Waals surface area contributed by atoms with Crippen LogP contribution in [0, 0.1) is 0 Å². The van der Waals surface area contributed by atoms with E-state index in [1.54, 1.807) is 0 Å². The third-order valence-corrected chi connectivity index (χ3v) is 1.01. The lowest BCUT2D eigenvalue weighted by molar-refractivity contribution is -0.255. The van der Waals surface area contributed by atoms with Gasteiger partial charge in [-0.25, -0.2) is 29.0 Å². The SMILES string of the molecule is CC(=O)OOC(C)=O.O=C(CCC(=O)OO)OO. The van der Waals surface area contributed by atoms with Gasteiger partial charge in [-0.15, -0.1) is 0 Å². The van der Waals surface area contributed by atoms with Crippen molar-refractivity contribution in [3.05, 3.63) is 0 Å². The highest BCUT2D eigenvalue weighted by Gasteiger charge is 2.07. The molecule has 2 N–H and O–H groups in total. The molecule has 0 heterocycles. The zero-order chi connectivity index (χ0) is 14.6. The fraction of sp³-hybridized carbons (Fsp3) is 0.500. The average Bonchev–Trinajstić information content (AvgIpc) is 2.33. The van der Waals surface area contributed by atoms with E-state index in [1.807, 2.05) is 0 Å². The van der Waals surface area contributed by atoms with Crippen molar-refractivity contribution < 1.29 is 49.2 Å². The van der Waals surface area contributed by atoms with E-state index in [1.165, 1.54) is 0 Å². The maximum atomic E-state index is 10.1. The van der Waals surface area contributed by atoms with Gasteiger partial charge in [-0.1, -0.05) is 0 Å². The van der Waals surface area contributed by atoms with Crippen LogP contribution >= 0.6 is 0 Å². The Morgan fingerprint density at radius 2 is 1.06 bits per heavy atom. The molecule has 0 aromatic rings. The van der Waals surface area contributed by atoms with Crippen molar-refractivity contribution in [1.29, 1.82) is 0 Å². The molecule has 0 unspecified atom stereocenters. The molecule has 10 nitrogen and oxygen atoms in total. The van der Waals surface area contributed by atoms with Crippen molar-refractivity contribution in [1.82, 2.24) is 0 Å². The summed E-state index contributed by atoms with van der Waals surface area (Å²) in [6.07, 6.45) is -0.647. The van der Waals surface area contributed by atoms with E-state index < -0.39 is 23.9 Å². The summed E-state index contributed by atoms with van der Waals surface area (Å²) in [5.74, 6) is -3.18. The minimum absolute atomic E-state index is 0.324. The van der Waals surface area contributed by atoms with Gasteiger partial charge in [-0.3, -0.25) is 0 Å². The summed E-state index contributed by atoms with van der Waals surface area (Å²) in [5, 5.41) is 15.3. The van der Waals surface area contributed by atoms with Crippen LogP contribution in [0.1, 0.15) is 26.7 Å². The number of carbonyl (C=O) groups excluding carboxylic acids is 4. The molecule has 0 rings (SSSR count). The predicted octanol–water partition coefficient (Wildman–Crippen LogP) is -0.173. The van der Waals surface area contributed by atoms with Crippen molar-refractivity contribution in [2.75, 3.05) is 0 Å². The van der Waals surface area contributed by atoms with Gasteiger partial charge in [0.1, 0.15) is 0 Å². The van der Waals surface area contributed by atoms with Gasteiger partial charge in [-0.05, 0) is 0 Å². The average molecular weight is 268 g/mol. The molecule has 0 spiro atoms. The van der Waals surface area contributed by atoms with E-state index in [4.69, 9.17) is 10.5 Å². The Morgan fingerprint density at radius 1 is 0.778 bits per heavy atom. The monoisotopic (exact) mass is 268 g/mol. The zero-order valence-electron chi connectivity index (χ0n) is 9.57. The van der Waals surface area contributed by atoms with Crippen molar-refractivity contribution in [2.24, 2.45) is 0 Å². The topological polar surface area (TPSA) is 146 Å². The van der Waals surface area contributed by atoms with Crippen LogP contribution in [0.2, 0.25) is 0 Å². The van der Waals surface area contributed by atoms with Crippen molar-refractivity contribution in [3.63, 3.8) is 0 Å². The molecule has 0 fully saturated rings. The van der Waals surface area contributed by atoms with Crippen molar-refractivity contribution in [2.45, 2.75) is 26.7 Å². The first-order valence-corrected chi connectivity index (χ1v) is 4.37. The molecule has 0 aliphatic heterocycles. The summed E-state index contributed by atoms with van der Waals surface area (Å²) in [6.45, 7) is 2.28. The molecule has 18 heavy (non-hydrogen) atoms. The van der Waals surface area contributed by atoms with Crippen LogP contribution in [0.4, 0.5) is 0 Å². The fourth-order valence-corrected chi connectivity index (χ4v) is 0.413. The second-order valence-corrected chi connectivity index (χ2v) is 2.58.